The Morgan fingerprint density at radius 2 is 2.78 bits per heavy atom. The molecule has 9 heavy (non-hydrogen) atoms. The molecule has 4 heteroatoms. The lowest BCUT2D eigenvalue weighted by atomic mass is 10.4. The van der Waals surface area contributed by atoms with E-state index in [0.29, 0.717) is 6.54 Å². The van der Waals surface area contributed by atoms with Crippen LogP contribution < -0.4 is 5.32 Å². The van der Waals surface area contributed by atoms with E-state index in [2.05, 4.69) is 14.9 Å². The van der Waals surface area contributed by atoms with Crippen molar-refractivity contribution in [2.75, 3.05) is 13.1 Å². The van der Waals surface area contributed by atoms with Crippen LogP contribution in [0.5, 0.6) is 0 Å². The molecular formula is C5H6N2O2. The average Bonchev–Trinajstić information content (AvgIpc) is 2.17. The molecule has 1 saturated heterocycles. The summed E-state index contributed by atoms with van der Waals surface area (Å²) >= 11 is 0. The van der Waals surface area contributed by atoms with Crippen LogP contribution >= 0.6 is 0 Å². The second-order valence-electron chi connectivity index (χ2n) is 1.75. The molecule has 1 fully saturated rings. The Balaban J connectivity index is 2.32. The molecule has 48 valence electrons. The van der Waals surface area contributed by atoms with Gasteiger partial charge in [0.15, 0.2) is 6.10 Å². The van der Waals surface area contributed by atoms with Gasteiger partial charge in [0.05, 0.1) is 6.54 Å². The minimum Gasteiger partial charge on any atom is -0.436 e. The summed E-state index contributed by atoms with van der Waals surface area (Å²) in [7, 11) is 0. The Hall–Kier alpha value is -1.24. The first-order chi connectivity index (χ1) is 4.33. The van der Waals surface area contributed by atoms with Crippen molar-refractivity contribution in [3.05, 3.63) is 11.4 Å². The maximum absolute atomic E-state index is 10.3. The molecule has 0 aromatic carbocycles. The zero-order valence-electron chi connectivity index (χ0n) is 4.76. The number of cyclic esters (lactones) is 1. The third-order valence-corrected chi connectivity index (χ3v) is 1.04. The largest absolute Gasteiger partial charge is 0.436 e. The van der Waals surface area contributed by atoms with Crippen LogP contribution in [-0.4, -0.2) is 25.3 Å². The third kappa shape index (κ3) is 1.32. The molecule has 0 spiro atoms. The number of ether oxygens (including phenoxy) is 1. The summed E-state index contributed by atoms with van der Waals surface area (Å²) in [5, 5.41) is 2.45. The van der Waals surface area contributed by atoms with Gasteiger partial charge in [0.25, 0.3) is 6.54 Å². The van der Waals surface area contributed by atoms with Gasteiger partial charge in [-0.2, -0.15) is 0 Å². The van der Waals surface area contributed by atoms with E-state index in [0.717, 1.165) is 0 Å². The van der Waals surface area contributed by atoms with Gasteiger partial charge in [0.1, 0.15) is 0 Å². The highest BCUT2D eigenvalue weighted by molar-refractivity contribution is 5.69. The molecular weight excluding hydrogens is 120 g/mol. The van der Waals surface area contributed by atoms with Gasteiger partial charge in [0.2, 0.25) is 0 Å². The Bertz CT molecular complexity index is 161. The lowest BCUT2D eigenvalue weighted by molar-refractivity contribution is 0.147. The van der Waals surface area contributed by atoms with Gasteiger partial charge in [-0.1, -0.05) is 0 Å². The van der Waals surface area contributed by atoms with E-state index in [1.165, 1.54) is 0 Å². The molecule has 1 heterocycles. The van der Waals surface area contributed by atoms with E-state index in [4.69, 9.17) is 6.57 Å². The van der Waals surface area contributed by atoms with Crippen molar-refractivity contribution < 1.29 is 9.53 Å². The average molecular weight is 126 g/mol. The van der Waals surface area contributed by atoms with Gasteiger partial charge in [-0.15, -0.1) is 0 Å². The van der Waals surface area contributed by atoms with Crippen LogP contribution in [0.1, 0.15) is 0 Å². The molecule has 0 aliphatic carbocycles. The second kappa shape index (κ2) is 2.35. The number of hydrogen-bond donors (Lipinski definition) is 1. The fraction of sp³-hybridized carbons (Fsp3) is 0.600. The van der Waals surface area contributed by atoms with E-state index in [1.54, 1.807) is 0 Å². The van der Waals surface area contributed by atoms with Gasteiger partial charge >= 0.3 is 6.09 Å². The molecule has 0 saturated carbocycles. The number of hydrogen-bond acceptors (Lipinski definition) is 2. The second-order valence-corrected chi connectivity index (χ2v) is 1.75. The minimum atomic E-state index is -0.413. The first kappa shape index (κ1) is 5.89. The minimum absolute atomic E-state index is 0.227. The molecule has 1 amide bonds. The van der Waals surface area contributed by atoms with Gasteiger partial charge in [-0.25, -0.2) is 11.4 Å². The predicted octanol–water partition coefficient (Wildman–Crippen LogP) is 0.0141. The van der Waals surface area contributed by atoms with Gasteiger partial charge in [0, 0.05) is 0 Å². The molecule has 0 aromatic heterocycles. The first-order valence-corrected chi connectivity index (χ1v) is 2.60. The zero-order valence-corrected chi connectivity index (χ0v) is 4.76. The lowest BCUT2D eigenvalue weighted by Crippen LogP contribution is -2.16. The smallest absolute Gasteiger partial charge is 0.407 e. The topological polar surface area (TPSA) is 42.7 Å². The quantitative estimate of drug-likeness (QED) is 0.503. The molecule has 1 aliphatic rings. The number of carbonyl (C=O) groups is 1. The molecule has 1 atom stereocenters. The van der Waals surface area contributed by atoms with Crippen molar-refractivity contribution in [1.29, 1.82) is 0 Å². The Kier molecular flexibility index (Phi) is 1.54. The molecule has 1 rings (SSSR count). The fourth-order valence-electron chi connectivity index (χ4n) is 0.636. The van der Waals surface area contributed by atoms with Crippen molar-refractivity contribution in [3.63, 3.8) is 0 Å². The standard InChI is InChI=1S/C5H6N2O2/c1-6-2-4-3-7-5(8)9-4/h4H,2-3H2,(H,7,8)/t4-/m1/s1. The van der Waals surface area contributed by atoms with Crippen LogP contribution in [0, 0.1) is 6.57 Å². The number of nitrogens with one attached hydrogen (secondary N) is 1. The monoisotopic (exact) mass is 126 g/mol. The first-order valence-electron chi connectivity index (χ1n) is 2.60. The summed E-state index contributed by atoms with van der Waals surface area (Å²) in [5.74, 6) is 0. The third-order valence-electron chi connectivity index (χ3n) is 1.04. The maximum atomic E-state index is 10.3. The molecule has 4 nitrogen and oxygen atoms in total. The van der Waals surface area contributed by atoms with E-state index < -0.39 is 6.09 Å². The highest BCUT2D eigenvalue weighted by Gasteiger charge is 2.24. The summed E-state index contributed by atoms with van der Waals surface area (Å²) in [4.78, 5) is 13.4. The number of alkyl carbamates (subject to hydrolysis) is 1. The van der Waals surface area contributed by atoms with Crippen LogP contribution in [0.4, 0.5) is 4.79 Å². The molecule has 0 aromatic rings. The van der Waals surface area contributed by atoms with E-state index in [-0.39, 0.29) is 12.6 Å². The SMILES string of the molecule is [C-]#[N+]C[C@@H]1CNC(=O)O1. The molecule has 1 N–H and O–H groups in total. The Morgan fingerprint density at radius 3 is 3.22 bits per heavy atom. The maximum Gasteiger partial charge on any atom is 0.407 e. The van der Waals surface area contributed by atoms with Crippen molar-refractivity contribution >= 4 is 6.09 Å². The summed E-state index contributed by atoms with van der Waals surface area (Å²) < 4.78 is 4.64. The molecule has 0 bridgehead atoms. The summed E-state index contributed by atoms with van der Waals surface area (Å²) in [5.41, 5.74) is 0. The van der Waals surface area contributed by atoms with E-state index in [9.17, 15) is 4.79 Å². The summed E-state index contributed by atoms with van der Waals surface area (Å²) in [6.07, 6.45) is -0.640. The van der Waals surface area contributed by atoms with Crippen molar-refractivity contribution in [1.82, 2.24) is 5.32 Å². The normalized spacial score (nSPS) is 24.3. The van der Waals surface area contributed by atoms with Crippen LogP contribution in [-0.2, 0) is 4.74 Å². The van der Waals surface area contributed by atoms with Crippen LogP contribution in [0.15, 0.2) is 0 Å². The highest BCUT2D eigenvalue weighted by atomic mass is 16.6. The highest BCUT2D eigenvalue weighted by Crippen LogP contribution is 1.98. The van der Waals surface area contributed by atoms with Crippen LogP contribution in [0.3, 0.4) is 0 Å². The molecule has 1 aliphatic heterocycles. The fourth-order valence-corrected chi connectivity index (χ4v) is 0.636. The molecule has 0 radical (unpaired) electrons. The van der Waals surface area contributed by atoms with Gasteiger partial charge < -0.3 is 14.9 Å². The van der Waals surface area contributed by atoms with Crippen LogP contribution in [0.25, 0.3) is 4.85 Å². The van der Waals surface area contributed by atoms with Crippen LogP contribution in [0.2, 0.25) is 0 Å². The van der Waals surface area contributed by atoms with Gasteiger partial charge in [-0.3, -0.25) is 0 Å². The zero-order chi connectivity index (χ0) is 6.69. The number of carbonyl (C=O) groups excluding carboxylic acids is 1. The van der Waals surface area contributed by atoms with E-state index in [1.807, 2.05) is 0 Å². The number of nitrogens with zero attached hydrogens (tertiary/aromatic N) is 1. The van der Waals surface area contributed by atoms with Crippen molar-refractivity contribution in [3.8, 4) is 0 Å². The molecule has 0 unspecified atom stereocenters. The number of amides is 1. The van der Waals surface area contributed by atoms with Crippen molar-refractivity contribution in [2.24, 2.45) is 0 Å². The summed E-state index contributed by atoms with van der Waals surface area (Å²) in [6, 6.07) is 0. The Labute approximate surface area is 52.6 Å². The lowest BCUT2D eigenvalue weighted by Gasteiger charge is -1.95. The predicted molar refractivity (Wildman–Crippen MR) is 29.7 cm³/mol. The Morgan fingerprint density at radius 1 is 2.00 bits per heavy atom. The number of rotatable bonds is 1. The van der Waals surface area contributed by atoms with E-state index >= 15 is 0 Å². The van der Waals surface area contributed by atoms with Crippen molar-refractivity contribution in [2.45, 2.75) is 6.10 Å². The van der Waals surface area contributed by atoms with Gasteiger partial charge in [-0.05, 0) is 0 Å². The summed E-state index contributed by atoms with van der Waals surface area (Å²) in [6.45, 7) is 7.18.